The van der Waals surface area contributed by atoms with Gasteiger partial charge in [0, 0.05) is 12.8 Å². The van der Waals surface area contributed by atoms with E-state index in [0.29, 0.717) is 0 Å². The van der Waals surface area contributed by atoms with Crippen molar-refractivity contribution < 1.29 is 5.11 Å². The summed E-state index contributed by atoms with van der Waals surface area (Å²) in [4.78, 5) is 4.31. The van der Waals surface area contributed by atoms with Crippen LogP contribution in [-0.2, 0) is 20.1 Å². The Morgan fingerprint density at radius 2 is 2.00 bits per heavy atom. The van der Waals surface area contributed by atoms with Crippen molar-refractivity contribution in [1.29, 1.82) is 0 Å². The summed E-state index contributed by atoms with van der Waals surface area (Å²) in [6.07, 6.45) is 5.27. The fourth-order valence-corrected chi connectivity index (χ4v) is 2.92. The molecule has 2 aromatic rings. The Labute approximate surface area is 118 Å². The quantitative estimate of drug-likeness (QED) is 0.624. The van der Waals surface area contributed by atoms with Gasteiger partial charge in [0.25, 0.3) is 0 Å². The molecular formula is C15H20N2OS. The summed E-state index contributed by atoms with van der Waals surface area (Å²) in [6, 6.07) is 10.6. The fourth-order valence-electron chi connectivity index (χ4n) is 1.95. The van der Waals surface area contributed by atoms with E-state index < -0.39 is 0 Å². The molecule has 2 rings (SSSR count). The molecule has 0 aliphatic carbocycles. The van der Waals surface area contributed by atoms with E-state index in [1.54, 1.807) is 18.0 Å². The Morgan fingerprint density at radius 1 is 1.21 bits per heavy atom. The lowest BCUT2D eigenvalue weighted by Crippen LogP contribution is -1.97. The Hall–Kier alpha value is -1.26. The number of hydrogen-bond donors (Lipinski definition) is 1. The Morgan fingerprint density at radius 3 is 2.68 bits per heavy atom. The third-order valence-corrected chi connectivity index (χ3v) is 4.27. The van der Waals surface area contributed by atoms with E-state index in [0.717, 1.165) is 23.0 Å². The average molecular weight is 276 g/mol. The van der Waals surface area contributed by atoms with E-state index in [1.165, 1.54) is 18.4 Å². The maximum absolute atomic E-state index is 9.10. The average Bonchev–Trinajstić information content (AvgIpc) is 2.80. The maximum atomic E-state index is 9.10. The van der Waals surface area contributed by atoms with Crippen molar-refractivity contribution in [3.8, 4) is 0 Å². The van der Waals surface area contributed by atoms with Gasteiger partial charge in [-0.05, 0) is 24.8 Å². The predicted octanol–water partition coefficient (Wildman–Crippen LogP) is 3.03. The molecule has 0 aliphatic heterocycles. The van der Waals surface area contributed by atoms with Crippen molar-refractivity contribution in [3.05, 3.63) is 47.8 Å². The molecule has 102 valence electrons. The van der Waals surface area contributed by atoms with Crippen molar-refractivity contribution in [3.63, 3.8) is 0 Å². The zero-order chi connectivity index (χ0) is 13.5. The van der Waals surface area contributed by atoms with Gasteiger partial charge in [0.15, 0.2) is 5.16 Å². The number of aliphatic hydroxyl groups is 1. The molecule has 19 heavy (non-hydrogen) atoms. The van der Waals surface area contributed by atoms with E-state index >= 15 is 0 Å². The molecule has 4 heteroatoms. The SMILES string of the molecule is Cn1c(CO)cnc1SCCCCc1ccccc1. The highest BCUT2D eigenvalue weighted by molar-refractivity contribution is 7.99. The molecular weight excluding hydrogens is 256 g/mol. The van der Waals surface area contributed by atoms with Crippen LogP contribution in [0.25, 0.3) is 0 Å². The summed E-state index contributed by atoms with van der Waals surface area (Å²) >= 11 is 1.76. The molecule has 0 unspecified atom stereocenters. The standard InChI is InChI=1S/C15H20N2OS/c1-17-14(12-18)11-16-15(17)19-10-6-5-9-13-7-3-2-4-8-13/h2-4,7-8,11,18H,5-6,9-10,12H2,1H3. The Kier molecular flexibility index (Phi) is 5.48. The number of aromatic nitrogens is 2. The normalized spacial score (nSPS) is 10.8. The molecule has 1 heterocycles. The topological polar surface area (TPSA) is 38.0 Å². The highest BCUT2D eigenvalue weighted by atomic mass is 32.2. The number of imidazole rings is 1. The van der Waals surface area contributed by atoms with Crippen LogP contribution in [0.1, 0.15) is 24.1 Å². The zero-order valence-electron chi connectivity index (χ0n) is 11.2. The highest BCUT2D eigenvalue weighted by Gasteiger charge is 2.05. The van der Waals surface area contributed by atoms with E-state index in [1.807, 2.05) is 11.6 Å². The van der Waals surface area contributed by atoms with Crippen LogP contribution in [0.5, 0.6) is 0 Å². The van der Waals surface area contributed by atoms with E-state index in [-0.39, 0.29) is 6.61 Å². The number of nitrogens with zero attached hydrogens (tertiary/aromatic N) is 2. The van der Waals surface area contributed by atoms with Gasteiger partial charge in [0.1, 0.15) is 0 Å². The Balaban J connectivity index is 1.68. The van der Waals surface area contributed by atoms with Gasteiger partial charge in [0.05, 0.1) is 18.5 Å². The third-order valence-electron chi connectivity index (χ3n) is 3.14. The number of rotatable bonds is 7. The number of hydrogen-bond acceptors (Lipinski definition) is 3. The first-order valence-corrected chi connectivity index (χ1v) is 7.58. The van der Waals surface area contributed by atoms with Crippen molar-refractivity contribution in [1.82, 2.24) is 9.55 Å². The van der Waals surface area contributed by atoms with Crippen LogP contribution in [0, 0.1) is 0 Å². The molecule has 0 aliphatic rings. The largest absolute Gasteiger partial charge is 0.390 e. The number of aliphatic hydroxyl groups excluding tert-OH is 1. The third kappa shape index (κ3) is 4.11. The number of unbranched alkanes of at least 4 members (excludes halogenated alkanes) is 1. The van der Waals surface area contributed by atoms with Gasteiger partial charge in [0.2, 0.25) is 0 Å². The lowest BCUT2D eigenvalue weighted by molar-refractivity contribution is 0.271. The van der Waals surface area contributed by atoms with Crippen LogP contribution in [-0.4, -0.2) is 20.4 Å². The predicted molar refractivity (Wildman–Crippen MR) is 79.2 cm³/mol. The summed E-state index contributed by atoms with van der Waals surface area (Å²) in [7, 11) is 1.95. The smallest absolute Gasteiger partial charge is 0.167 e. The molecule has 1 N–H and O–H groups in total. The van der Waals surface area contributed by atoms with Crippen molar-refractivity contribution in [2.75, 3.05) is 5.75 Å². The highest BCUT2D eigenvalue weighted by Crippen LogP contribution is 2.19. The van der Waals surface area contributed by atoms with Gasteiger partial charge in [-0.2, -0.15) is 0 Å². The van der Waals surface area contributed by atoms with Crippen LogP contribution >= 0.6 is 11.8 Å². The monoisotopic (exact) mass is 276 g/mol. The first-order valence-electron chi connectivity index (χ1n) is 6.59. The minimum absolute atomic E-state index is 0.0536. The molecule has 0 spiro atoms. The minimum Gasteiger partial charge on any atom is -0.390 e. The molecule has 3 nitrogen and oxygen atoms in total. The molecule has 0 amide bonds. The number of thioether (sulfide) groups is 1. The molecule has 0 fully saturated rings. The molecule has 0 bridgehead atoms. The van der Waals surface area contributed by atoms with Crippen LogP contribution in [0.2, 0.25) is 0 Å². The molecule has 0 saturated carbocycles. The van der Waals surface area contributed by atoms with E-state index in [2.05, 4.69) is 35.3 Å². The summed E-state index contributed by atoms with van der Waals surface area (Å²) in [5.74, 6) is 1.07. The van der Waals surface area contributed by atoms with Gasteiger partial charge < -0.3 is 9.67 Å². The van der Waals surface area contributed by atoms with Crippen LogP contribution in [0.4, 0.5) is 0 Å². The second-order valence-corrected chi connectivity index (χ2v) is 5.60. The van der Waals surface area contributed by atoms with Crippen molar-refractivity contribution >= 4 is 11.8 Å². The molecule has 1 aromatic carbocycles. The first kappa shape index (κ1) is 14.2. The van der Waals surface area contributed by atoms with Crippen LogP contribution < -0.4 is 0 Å². The van der Waals surface area contributed by atoms with E-state index in [9.17, 15) is 0 Å². The van der Waals surface area contributed by atoms with Gasteiger partial charge in [-0.15, -0.1) is 0 Å². The van der Waals surface area contributed by atoms with Gasteiger partial charge in [-0.3, -0.25) is 0 Å². The summed E-state index contributed by atoms with van der Waals surface area (Å²) in [6.45, 7) is 0.0536. The van der Waals surface area contributed by atoms with E-state index in [4.69, 9.17) is 5.11 Å². The number of aryl methyl sites for hydroxylation is 1. The second-order valence-electron chi connectivity index (χ2n) is 4.54. The number of benzene rings is 1. The second kappa shape index (κ2) is 7.36. The summed E-state index contributed by atoms with van der Waals surface area (Å²) < 4.78 is 1.96. The fraction of sp³-hybridized carbons (Fsp3) is 0.400. The van der Waals surface area contributed by atoms with Crippen molar-refractivity contribution in [2.24, 2.45) is 7.05 Å². The van der Waals surface area contributed by atoms with Gasteiger partial charge >= 0.3 is 0 Å². The van der Waals surface area contributed by atoms with Gasteiger partial charge in [-0.1, -0.05) is 42.1 Å². The van der Waals surface area contributed by atoms with Crippen LogP contribution in [0.3, 0.4) is 0 Å². The summed E-state index contributed by atoms with van der Waals surface area (Å²) in [5, 5.41) is 10.1. The summed E-state index contributed by atoms with van der Waals surface area (Å²) in [5.41, 5.74) is 2.28. The lowest BCUT2D eigenvalue weighted by Gasteiger charge is -2.04. The molecule has 1 aromatic heterocycles. The first-order chi connectivity index (χ1) is 9.31. The lowest BCUT2D eigenvalue weighted by atomic mass is 10.1. The molecule has 0 saturated heterocycles. The van der Waals surface area contributed by atoms with Gasteiger partial charge in [-0.25, -0.2) is 4.98 Å². The Bertz CT molecular complexity index is 496. The maximum Gasteiger partial charge on any atom is 0.167 e. The van der Waals surface area contributed by atoms with Crippen LogP contribution in [0.15, 0.2) is 41.7 Å². The molecule has 0 atom stereocenters. The molecule has 0 radical (unpaired) electrons. The zero-order valence-corrected chi connectivity index (χ0v) is 12.1. The minimum atomic E-state index is 0.0536. The van der Waals surface area contributed by atoms with Crippen molar-refractivity contribution in [2.45, 2.75) is 31.0 Å².